The van der Waals surface area contributed by atoms with Crippen molar-refractivity contribution in [3.63, 3.8) is 0 Å². The molecule has 0 bridgehead atoms. The van der Waals surface area contributed by atoms with Gasteiger partial charge in [0.05, 0.1) is 22.2 Å². The fourth-order valence-electron chi connectivity index (χ4n) is 2.72. The normalized spacial score (nSPS) is 11.4. The van der Waals surface area contributed by atoms with E-state index in [4.69, 9.17) is 4.98 Å². The van der Waals surface area contributed by atoms with Crippen LogP contribution in [-0.2, 0) is 12.3 Å². The zero-order chi connectivity index (χ0) is 17.4. The Kier molecular flexibility index (Phi) is 4.19. The first kappa shape index (κ1) is 16.1. The number of hydrogen-bond donors (Lipinski definition) is 1. The van der Waals surface area contributed by atoms with Crippen LogP contribution in [0.25, 0.3) is 21.3 Å². The Balaban J connectivity index is 1.70. The third kappa shape index (κ3) is 3.01. The predicted molar refractivity (Wildman–Crippen MR) is 104 cm³/mol. The first-order chi connectivity index (χ1) is 12.2. The van der Waals surface area contributed by atoms with Crippen molar-refractivity contribution in [2.75, 3.05) is 0 Å². The summed E-state index contributed by atoms with van der Waals surface area (Å²) >= 11 is 3.06. The van der Waals surface area contributed by atoms with Crippen LogP contribution in [0, 0.1) is 6.92 Å². The molecule has 3 aromatic heterocycles. The van der Waals surface area contributed by atoms with E-state index in [9.17, 15) is 4.79 Å². The second-order valence-electron chi connectivity index (χ2n) is 5.66. The minimum absolute atomic E-state index is 0.0126. The summed E-state index contributed by atoms with van der Waals surface area (Å²) in [6, 6.07) is 9.84. The molecular formula is C18H16N4OS2. The minimum Gasteiger partial charge on any atom is -0.341 e. The molecule has 0 fully saturated rings. The number of thiophene rings is 1. The maximum Gasteiger partial charge on any atom is 0.263 e. The number of benzene rings is 1. The monoisotopic (exact) mass is 368 g/mol. The van der Waals surface area contributed by atoms with Crippen LogP contribution in [0.3, 0.4) is 0 Å². The summed E-state index contributed by atoms with van der Waals surface area (Å²) in [6.45, 7) is 6.19. The van der Waals surface area contributed by atoms with E-state index in [1.165, 1.54) is 11.8 Å². The Morgan fingerprint density at radius 1 is 1.36 bits per heavy atom. The quantitative estimate of drug-likeness (QED) is 0.327. The molecule has 0 aliphatic rings. The molecule has 1 aromatic carbocycles. The molecule has 0 aliphatic carbocycles. The van der Waals surface area contributed by atoms with Crippen LogP contribution >= 0.6 is 23.1 Å². The number of aromatic amines is 1. The highest BCUT2D eigenvalue weighted by atomic mass is 32.2. The SMILES string of the molecule is C=CCn1c(SCc2nc3ccccc3[nH]2)nc2sc(C)cc2c1=O. The summed E-state index contributed by atoms with van der Waals surface area (Å²) in [5, 5.41) is 1.37. The molecule has 1 N–H and O–H groups in total. The highest BCUT2D eigenvalue weighted by molar-refractivity contribution is 7.98. The van der Waals surface area contributed by atoms with E-state index < -0.39 is 0 Å². The van der Waals surface area contributed by atoms with Gasteiger partial charge in [0.2, 0.25) is 0 Å². The number of aromatic nitrogens is 4. The Labute approximate surface area is 152 Å². The van der Waals surface area contributed by atoms with Crippen LogP contribution in [0.4, 0.5) is 0 Å². The number of hydrogen-bond acceptors (Lipinski definition) is 5. The van der Waals surface area contributed by atoms with Crippen LogP contribution in [0.2, 0.25) is 0 Å². The molecule has 0 saturated heterocycles. The second-order valence-corrected chi connectivity index (χ2v) is 7.84. The molecule has 4 aromatic rings. The molecular weight excluding hydrogens is 352 g/mol. The molecule has 7 heteroatoms. The summed E-state index contributed by atoms with van der Waals surface area (Å²) < 4.78 is 1.68. The van der Waals surface area contributed by atoms with Crippen LogP contribution in [0.1, 0.15) is 10.7 Å². The molecule has 3 heterocycles. The van der Waals surface area contributed by atoms with Gasteiger partial charge in [-0.25, -0.2) is 9.97 Å². The maximum atomic E-state index is 12.7. The van der Waals surface area contributed by atoms with Crippen molar-refractivity contribution in [3.05, 3.63) is 64.0 Å². The van der Waals surface area contributed by atoms with Gasteiger partial charge in [-0.3, -0.25) is 9.36 Å². The highest BCUT2D eigenvalue weighted by Crippen LogP contribution is 2.26. The topological polar surface area (TPSA) is 63.6 Å². The van der Waals surface area contributed by atoms with Gasteiger partial charge < -0.3 is 4.98 Å². The lowest BCUT2D eigenvalue weighted by Gasteiger charge is -2.09. The van der Waals surface area contributed by atoms with Gasteiger partial charge in [-0.2, -0.15) is 0 Å². The fraction of sp³-hybridized carbons (Fsp3) is 0.167. The number of imidazole rings is 1. The molecule has 0 atom stereocenters. The van der Waals surface area contributed by atoms with E-state index in [2.05, 4.69) is 16.5 Å². The van der Waals surface area contributed by atoms with Crippen LogP contribution < -0.4 is 5.56 Å². The van der Waals surface area contributed by atoms with Crippen LogP contribution in [-0.4, -0.2) is 19.5 Å². The number of fused-ring (bicyclic) bond motifs is 2. The number of allylic oxidation sites excluding steroid dienone is 1. The molecule has 5 nitrogen and oxygen atoms in total. The van der Waals surface area contributed by atoms with E-state index in [0.29, 0.717) is 22.8 Å². The van der Waals surface area contributed by atoms with Crippen molar-refractivity contribution < 1.29 is 0 Å². The third-order valence-corrected chi connectivity index (χ3v) is 5.76. The van der Waals surface area contributed by atoms with Gasteiger partial charge in [-0.1, -0.05) is 30.0 Å². The van der Waals surface area contributed by atoms with E-state index in [1.807, 2.05) is 37.3 Å². The van der Waals surface area contributed by atoms with Gasteiger partial charge in [-0.15, -0.1) is 17.9 Å². The minimum atomic E-state index is -0.0126. The summed E-state index contributed by atoms with van der Waals surface area (Å²) in [7, 11) is 0. The molecule has 0 amide bonds. The van der Waals surface area contributed by atoms with Crippen molar-refractivity contribution >= 4 is 44.3 Å². The van der Waals surface area contributed by atoms with Crippen molar-refractivity contribution in [1.29, 1.82) is 0 Å². The number of para-hydroxylation sites is 2. The number of rotatable bonds is 5. The highest BCUT2D eigenvalue weighted by Gasteiger charge is 2.14. The third-order valence-electron chi connectivity index (χ3n) is 3.83. The number of thioether (sulfide) groups is 1. The Morgan fingerprint density at radius 3 is 3.00 bits per heavy atom. The van der Waals surface area contributed by atoms with E-state index in [0.717, 1.165) is 26.6 Å². The number of aryl methyl sites for hydroxylation is 1. The van der Waals surface area contributed by atoms with Crippen molar-refractivity contribution in [3.8, 4) is 0 Å². The van der Waals surface area contributed by atoms with Gasteiger partial charge >= 0.3 is 0 Å². The lowest BCUT2D eigenvalue weighted by Crippen LogP contribution is -2.22. The molecule has 0 saturated carbocycles. The average molecular weight is 368 g/mol. The van der Waals surface area contributed by atoms with E-state index >= 15 is 0 Å². The number of nitrogens with zero attached hydrogens (tertiary/aromatic N) is 3. The first-order valence-electron chi connectivity index (χ1n) is 7.84. The maximum absolute atomic E-state index is 12.7. The van der Waals surface area contributed by atoms with Crippen molar-refractivity contribution in [2.45, 2.75) is 24.4 Å². The number of nitrogens with one attached hydrogen (secondary N) is 1. The lowest BCUT2D eigenvalue weighted by molar-refractivity contribution is 0.672. The largest absolute Gasteiger partial charge is 0.341 e. The molecule has 126 valence electrons. The Hall–Kier alpha value is -2.38. The number of H-pyrrole nitrogens is 1. The summed E-state index contributed by atoms with van der Waals surface area (Å²) in [6.07, 6.45) is 1.72. The Morgan fingerprint density at radius 2 is 2.20 bits per heavy atom. The van der Waals surface area contributed by atoms with E-state index in [1.54, 1.807) is 22.0 Å². The first-order valence-corrected chi connectivity index (χ1v) is 9.64. The summed E-state index contributed by atoms with van der Waals surface area (Å²) in [5.41, 5.74) is 1.94. The summed E-state index contributed by atoms with van der Waals surface area (Å²) in [4.78, 5) is 27.2. The zero-order valence-corrected chi connectivity index (χ0v) is 15.3. The summed E-state index contributed by atoms with van der Waals surface area (Å²) in [5.74, 6) is 1.49. The molecule has 0 radical (unpaired) electrons. The zero-order valence-electron chi connectivity index (χ0n) is 13.7. The molecule has 0 aliphatic heterocycles. The van der Waals surface area contributed by atoms with Crippen molar-refractivity contribution in [2.24, 2.45) is 0 Å². The second kappa shape index (κ2) is 6.50. The van der Waals surface area contributed by atoms with Gasteiger partial charge in [-0.05, 0) is 25.1 Å². The predicted octanol–water partition coefficient (Wildman–Crippen LogP) is 4.12. The van der Waals surface area contributed by atoms with Crippen LogP contribution in [0.5, 0.6) is 0 Å². The van der Waals surface area contributed by atoms with Gasteiger partial charge in [0.15, 0.2) is 5.16 Å². The lowest BCUT2D eigenvalue weighted by atomic mass is 10.3. The molecule has 25 heavy (non-hydrogen) atoms. The average Bonchev–Trinajstić information content (AvgIpc) is 3.18. The molecule has 0 unspecified atom stereocenters. The van der Waals surface area contributed by atoms with Gasteiger partial charge in [0.1, 0.15) is 10.7 Å². The molecule has 4 rings (SSSR count). The van der Waals surface area contributed by atoms with Gasteiger partial charge in [0.25, 0.3) is 5.56 Å². The fourth-order valence-corrected chi connectivity index (χ4v) is 4.52. The Bertz CT molecular complexity index is 1110. The van der Waals surface area contributed by atoms with Crippen LogP contribution in [0.15, 0.2) is 52.9 Å². The van der Waals surface area contributed by atoms with Gasteiger partial charge in [0, 0.05) is 11.4 Å². The van der Waals surface area contributed by atoms with E-state index in [-0.39, 0.29) is 5.56 Å². The standard InChI is InChI=1S/C18H16N4OS2/c1-3-8-22-17(23)12-9-11(2)25-16(12)21-18(22)24-10-15-19-13-6-4-5-7-14(13)20-15/h3-7,9H,1,8,10H2,2H3,(H,19,20). The van der Waals surface area contributed by atoms with Crippen molar-refractivity contribution in [1.82, 2.24) is 19.5 Å². The smallest absolute Gasteiger partial charge is 0.263 e. The molecule has 0 spiro atoms.